The van der Waals surface area contributed by atoms with Crippen LogP contribution in [0.3, 0.4) is 0 Å². The molecule has 0 radical (unpaired) electrons. The van der Waals surface area contributed by atoms with Crippen LogP contribution < -0.4 is 0 Å². The molecular weight excluding hydrogens is 148 g/mol. The van der Waals surface area contributed by atoms with Crippen LogP contribution in [-0.2, 0) is 0 Å². The van der Waals surface area contributed by atoms with E-state index in [0.29, 0.717) is 0 Å². The van der Waals surface area contributed by atoms with E-state index in [1.165, 1.54) is 5.56 Å². The lowest BCUT2D eigenvalue weighted by Crippen LogP contribution is -1.97. The topological polar surface area (TPSA) is 25.2 Å². The standard InChI is InChI=1S/C10H12N2/c1-4-12-9(3)10-7-11-6-5-8(10)2/h4-7H,1H2,2-3H3. The van der Waals surface area contributed by atoms with Gasteiger partial charge in [-0.1, -0.05) is 6.58 Å². The molecule has 0 aliphatic heterocycles. The first-order valence-electron chi connectivity index (χ1n) is 3.82. The maximum absolute atomic E-state index is 4.10. The summed E-state index contributed by atoms with van der Waals surface area (Å²) in [5, 5.41) is 0. The second-order valence-electron chi connectivity index (χ2n) is 2.59. The van der Waals surface area contributed by atoms with Gasteiger partial charge in [-0.05, 0) is 25.5 Å². The molecule has 1 aromatic rings. The summed E-state index contributed by atoms with van der Waals surface area (Å²) in [5.41, 5.74) is 3.22. The van der Waals surface area contributed by atoms with Crippen molar-refractivity contribution in [1.82, 2.24) is 4.98 Å². The molecule has 0 atom stereocenters. The van der Waals surface area contributed by atoms with E-state index >= 15 is 0 Å². The Bertz CT molecular complexity index is 313. The Balaban J connectivity index is 3.10. The predicted octanol–water partition coefficient (Wildman–Crippen LogP) is 2.34. The van der Waals surface area contributed by atoms with Crippen LogP contribution in [-0.4, -0.2) is 10.7 Å². The van der Waals surface area contributed by atoms with E-state index in [1.807, 2.05) is 26.1 Å². The molecule has 1 aromatic heterocycles. The molecule has 0 bridgehead atoms. The Labute approximate surface area is 72.7 Å². The molecule has 0 aliphatic rings. The predicted molar refractivity (Wildman–Crippen MR) is 51.4 cm³/mol. The lowest BCUT2D eigenvalue weighted by molar-refractivity contribution is 1.26. The van der Waals surface area contributed by atoms with E-state index in [4.69, 9.17) is 0 Å². The van der Waals surface area contributed by atoms with Gasteiger partial charge < -0.3 is 0 Å². The third-order valence-electron chi connectivity index (χ3n) is 1.71. The highest BCUT2D eigenvalue weighted by atomic mass is 14.7. The van der Waals surface area contributed by atoms with Crippen LogP contribution in [0, 0.1) is 6.92 Å². The molecule has 0 N–H and O–H groups in total. The van der Waals surface area contributed by atoms with Crippen LogP contribution in [0.15, 0.2) is 36.2 Å². The van der Waals surface area contributed by atoms with E-state index in [2.05, 4.69) is 16.6 Å². The number of pyridine rings is 1. The van der Waals surface area contributed by atoms with E-state index in [9.17, 15) is 0 Å². The summed E-state index contributed by atoms with van der Waals surface area (Å²) in [6, 6.07) is 1.97. The van der Waals surface area contributed by atoms with Gasteiger partial charge in [0.25, 0.3) is 0 Å². The van der Waals surface area contributed by atoms with Crippen molar-refractivity contribution in [2.24, 2.45) is 4.99 Å². The summed E-state index contributed by atoms with van der Waals surface area (Å²) in [4.78, 5) is 8.13. The Kier molecular flexibility index (Phi) is 2.75. The number of aromatic nitrogens is 1. The number of hydrogen-bond donors (Lipinski definition) is 0. The number of hydrogen-bond acceptors (Lipinski definition) is 2. The quantitative estimate of drug-likeness (QED) is 0.609. The second kappa shape index (κ2) is 3.81. The Morgan fingerprint density at radius 1 is 1.67 bits per heavy atom. The van der Waals surface area contributed by atoms with Crippen LogP contribution in [0.2, 0.25) is 0 Å². The Morgan fingerprint density at radius 3 is 3.00 bits per heavy atom. The minimum absolute atomic E-state index is 0.954. The van der Waals surface area contributed by atoms with Gasteiger partial charge in [0.15, 0.2) is 0 Å². The minimum atomic E-state index is 0.954. The molecule has 1 rings (SSSR count). The Hall–Kier alpha value is -1.44. The SMILES string of the molecule is C=CN=C(C)c1cnccc1C. The fourth-order valence-electron chi connectivity index (χ4n) is 1.05. The number of nitrogens with zero attached hydrogens (tertiary/aromatic N) is 2. The summed E-state index contributed by atoms with van der Waals surface area (Å²) in [7, 11) is 0. The van der Waals surface area contributed by atoms with Crippen molar-refractivity contribution in [2.75, 3.05) is 0 Å². The molecule has 0 spiro atoms. The molecule has 0 saturated carbocycles. The summed E-state index contributed by atoms with van der Waals surface area (Å²) in [5.74, 6) is 0. The van der Waals surface area contributed by atoms with Crippen LogP contribution in [0.1, 0.15) is 18.1 Å². The zero-order chi connectivity index (χ0) is 8.97. The van der Waals surface area contributed by atoms with Crippen molar-refractivity contribution in [3.63, 3.8) is 0 Å². The highest BCUT2D eigenvalue weighted by Crippen LogP contribution is 2.06. The number of aliphatic imine (C=N–C) groups is 1. The van der Waals surface area contributed by atoms with Crippen LogP contribution in [0.5, 0.6) is 0 Å². The first kappa shape index (κ1) is 8.65. The average Bonchev–Trinajstić information content (AvgIpc) is 2.05. The van der Waals surface area contributed by atoms with Crippen molar-refractivity contribution in [3.8, 4) is 0 Å². The molecule has 0 amide bonds. The molecular formula is C10H12N2. The Morgan fingerprint density at radius 2 is 2.42 bits per heavy atom. The lowest BCUT2D eigenvalue weighted by atomic mass is 10.1. The molecule has 2 nitrogen and oxygen atoms in total. The molecule has 0 aliphatic carbocycles. The summed E-state index contributed by atoms with van der Waals surface area (Å²) in [6.07, 6.45) is 5.14. The molecule has 62 valence electrons. The highest BCUT2D eigenvalue weighted by Gasteiger charge is 1.99. The van der Waals surface area contributed by atoms with Gasteiger partial charge >= 0.3 is 0 Å². The highest BCUT2D eigenvalue weighted by molar-refractivity contribution is 5.99. The van der Waals surface area contributed by atoms with Crippen LogP contribution in [0.4, 0.5) is 0 Å². The monoisotopic (exact) mass is 160 g/mol. The largest absolute Gasteiger partial charge is 0.264 e. The maximum Gasteiger partial charge on any atom is 0.0462 e. The van der Waals surface area contributed by atoms with E-state index in [1.54, 1.807) is 12.4 Å². The first-order valence-corrected chi connectivity index (χ1v) is 3.82. The fraction of sp³-hybridized carbons (Fsp3) is 0.200. The van der Waals surface area contributed by atoms with Crippen LogP contribution >= 0.6 is 0 Å². The third-order valence-corrected chi connectivity index (χ3v) is 1.71. The van der Waals surface area contributed by atoms with Gasteiger partial charge in [-0.2, -0.15) is 0 Å². The second-order valence-corrected chi connectivity index (χ2v) is 2.59. The van der Waals surface area contributed by atoms with Crippen molar-refractivity contribution < 1.29 is 0 Å². The summed E-state index contributed by atoms with van der Waals surface area (Å²) in [6.45, 7) is 7.54. The normalized spacial score (nSPS) is 11.3. The van der Waals surface area contributed by atoms with Crippen LogP contribution in [0.25, 0.3) is 0 Å². The molecule has 2 heteroatoms. The van der Waals surface area contributed by atoms with Gasteiger partial charge in [-0.15, -0.1) is 0 Å². The molecule has 0 aromatic carbocycles. The van der Waals surface area contributed by atoms with Crippen molar-refractivity contribution in [3.05, 3.63) is 42.4 Å². The summed E-state index contributed by atoms with van der Waals surface area (Å²) < 4.78 is 0. The van der Waals surface area contributed by atoms with Gasteiger partial charge in [-0.3, -0.25) is 9.98 Å². The van der Waals surface area contributed by atoms with Crippen molar-refractivity contribution in [2.45, 2.75) is 13.8 Å². The third kappa shape index (κ3) is 1.78. The number of rotatable bonds is 2. The molecule has 1 heterocycles. The van der Waals surface area contributed by atoms with Gasteiger partial charge in [0.05, 0.1) is 0 Å². The summed E-state index contributed by atoms with van der Waals surface area (Å²) >= 11 is 0. The number of aryl methyl sites for hydroxylation is 1. The van der Waals surface area contributed by atoms with E-state index in [0.717, 1.165) is 11.3 Å². The average molecular weight is 160 g/mol. The smallest absolute Gasteiger partial charge is 0.0462 e. The zero-order valence-electron chi connectivity index (χ0n) is 7.41. The first-order chi connectivity index (χ1) is 5.75. The van der Waals surface area contributed by atoms with Gasteiger partial charge in [-0.25, -0.2) is 0 Å². The lowest BCUT2D eigenvalue weighted by Gasteiger charge is -2.01. The van der Waals surface area contributed by atoms with Crippen molar-refractivity contribution in [1.29, 1.82) is 0 Å². The van der Waals surface area contributed by atoms with Gasteiger partial charge in [0.2, 0.25) is 0 Å². The molecule has 0 fully saturated rings. The van der Waals surface area contributed by atoms with Gasteiger partial charge in [0.1, 0.15) is 0 Å². The molecule has 12 heavy (non-hydrogen) atoms. The maximum atomic E-state index is 4.10. The molecule has 0 unspecified atom stereocenters. The van der Waals surface area contributed by atoms with E-state index in [-0.39, 0.29) is 0 Å². The van der Waals surface area contributed by atoms with Crippen molar-refractivity contribution >= 4 is 5.71 Å². The molecule has 0 saturated heterocycles. The van der Waals surface area contributed by atoms with E-state index < -0.39 is 0 Å². The minimum Gasteiger partial charge on any atom is -0.264 e. The van der Waals surface area contributed by atoms with Gasteiger partial charge in [0, 0.05) is 29.9 Å². The fourth-order valence-corrected chi connectivity index (χ4v) is 1.05. The zero-order valence-corrected chi connectivity index (χ0v) is 7.41.